The quantitative estimate of drug-likeness (QED) is 0.824. The number of amides is 1. The molecule has 2 aromatic rings. The number of halogens is 3. The third-order valence-electron chi connectivity index (χ3n) is 3.31. The van der Waals surface area contributed by atoms with Crippen molar-refractivity contribution >= 4 is 28.9 Å². The Hall–Kier alpha value is -2.14. The zero-order valence-corrected chi connectivity index (χ0v) is 12.9. The topological polar surface area (TPSA) is 41.1 Å². The minimum atomic E-state index is -1.07. The molecule has 0 aromatic heterocycles. The molecule has 0 unspecified atom stereocenters. The highest BCUT2D eigenvalue weighted by Crippen LogP contribution is 2.23. The number of benzene rings is 2. The molecule has 0 aliphatic rings. The second-order valence-electron chi connectivity index (χ2n) is 4.90. The van der Waals surface area contributed by atoms with Crippen molar-refractivity contribution in [1.82, 2.24) is 0 Å². The van der Waals surface area contributed by atoms with Crippen molar-refractivity contribution in [2.45, 2.75) is 13.8 Å². The first-order valence-electron chi connectivity index (χ1n) is 6.63. The molecule has 1 amide bonds. The Morgan fingerprint density at radius 3 is 2.64 bits per heavy atom. The molecule has 0 atom stereocenters. The molecule has 0 saturated heterocycles. The van der Waals surface area contributed by atoms with Gasteiger partial charge in [0.25, 0.3) is 0 Å². The smallest absolute Gasteiger partial charge is 0.243 e. The summed E-state index contributed by atoms with van der Waals surface area (Å²) in [7, 11) is 0. The van der Waals surface area contributed by atoms with Crippen LogP contribution >= 0.6 is 11.6 Å². The highest BCUT2D eigenvalue weighted by Gasteiger charge is 2.12. The van der Waals surface area contributed by atoms with E-state index in [1.54, 1.807) is 6.07 Å². The summed E-state index contributed by atoms with van der Waals surface area (Å²) < 4.78 is 26.8. The predicted molar refractivity (Wildman–Crippen MR) is 84.4 cm³/mol. The van der Waals surface area contributed by atoms with Crippen molar-refractivity contribution in [3.63, 3.8) is 0 Å². The summed E-state index contributed by atoms with van der Waals surface area (Å²) in [6, 6.07) is 7.65. The van der Waals surface area contributed by atoms with Gasteiger partial charge in [-0.2, -0.15) is 0 Å². The number of nitrogens with one attached hydrogen (secondary N) is 2. The molecule has 2 rings (SSSR count). The Bertz CT molecular complexity index is 720. The van der Waals surface area contributed by atoms with Crippen molar-refractivity contribution in [3.05, 3.63) is 58.1 Å². The van der Waals surface area contributed by atoms with Crippen molar-refractivity contribution in [1.29, 1.82) is 0 Å². The normalized spacial score (nSPS) is 10.4. The Balaban J connectivity index is 2.03. The van der Waals surface area contributed by atoms with E-state index in [1.165, 1.54) is 6.07 Å². The molecule has 2 aromatic carbocycles. The molecule has 0 aliphatic carbocycles. The molecule has 0 heterocycles. The van der Waals surface area contributed by atoms with Crippen molar-refractivity contribution < 1.29 is 13.6 Å². The fourth-order valence-corrected chi connectivity index (χ4v) is 2.15. The number of anilines is 2. The molecule has 0 radical (unpaired) electrons. The van der Waals surface area contributed by atoms with Crippen LogP contribution in [0, 0.1) is 25.5 Å². The van der Waals surface area contributed by atoms with E-state index in [0.29, 0.717) is 5.69 Å². The van der Waals surface area contributed by atoms with Crippen LogP contribution in [0.1, 0.15) is 11.1 Å². The number of aryl methyl sites for hydroxylation is 1. The van der Waals surface area contributed by atoms with Gasteiger partial charge in [0.15, 0.2) is 11.6 Å². The van der Waals surface area contributed by atoms with Gasteiger partial charge in [-0.3, -0.25) is 4.79 Å². The predicted octanol–water partition coefficient (Wildman–Crippen LogP) is 4.29. The third-order valence-corrected chi connectivity index (χ3v) is 3.53. The Morgan fingerprint density at radius 2 is 1.91 bits per heavy atom. The second-order valence-corrected chi connectivity index (χ2v) is 5.33. The van der Waals surface area contributed by atoms with Crippen LogP contribution in [-0.2, 0) is 4.79 Å². The molecule has 0 aliphatic heterocycles. The van der Waals surface area contributed by atoms with Crippen LogP contribution in [-0.4, -0.2) is 12.5 Å². The summed E-state index contributed by atoms with van der Waals surface area (Å²) in [6.07, 6.45) is 0. The molecule has 22 heavy (non-hydrogen) atoms. The van der Waals surface area contributed by atoms with Gasteiger partial charge >= 0.3 is 0 Å². The lowest BCUT2D eigenvalue weighted by Crippen LogP contribution is -2.22. The maximum absolute atomic E-state index is 13.5. The van der Waals surface area contributed by atoms with Gasteiger partial charge in [-0.1, -0.05) is 23.7 Å². The third kappa shape index (κ3) is 3.74. The van der Waals surface area contributed by atoms with Gasteiger partial charge < -0.3 is 10.6 Å². The zero-order chi connectivity index (χ0) is 16.3. The molecule has 0 bridgehead atoms. The maximum Gasteiger partial charge on any atom is 0.243 e. The van der Waals surface area contributed by atoms with Crippen LogP contribution in [0.4, 0.5) is 20.2 Å². The van der Waals surface area contributed by atoms with E-state index in [4.69, 9.17) is 11.6 Å². The fourth-order valence-electron chi connectivity index (χ4n) is 1.94. The first kappa shape index (κ1) is 16.2. The standard InChI is InChI=1S/C16H15ClF2N2O/c1-9-4-3-5-13(10(9)2)21-15(22)8-20-14-7-11(17)6-12(18)16(14)19/h3-7,20H,8H2,1-2H3,(H,21,22). The SMILES string of the molecule is Cc1cccc(NC(=O)CNc2cc(Cl)cc(F)c2F)c1C. The van der Waals surface area contributed by atoms with Gasteiger partial charge in [-0.05, 0) is 43.2 Å². The number of carbonyl (C=O) groups excluding carboxylic acids is 1. The summed E-state index contributed by atoms with van der Waals surface area (Å²) in [5, 5.41) is 5.31. The molecule has 0 fully saturated rings. The van der Waals surface area contributed by atoms with Crippen LogP contribution in [0.3, 0.4) is 0 Å². The molecule has 0 spiro atoms. The first-order chi connectivity index (χ1) is 10.4. The van der Waals surface area contributed by atoms with Crippen molar-refractivity contribution in [2.24, 2.45) is 0 Å². The number of hydrogen-bond donors (Lipinski definition) is 2. The number of carbonyl (C=O) groups is 1. The molecule has 3 nitrogen and oxygen atoms in total. The Morgan fingerprint density at radius 1 is 1.18 bits per heavy atom. The van der Waals surface area contributed by atoms with Gasteiger partial charge in [0.1, 0.15) is 0 Å². The van der Waals surface area contributed by atoms with Crippen LogP contribution in [0.5, 0.6) is 0 Å². The lowest BCUT2D eigenvalue weighted by atomic mass is 10.1. The van der Waals surface area contributed by atoms with E-state index in [9.17, 15) is 13.6 Å². The zero-order valence-electron chi connectivity index (χ0n) is 12.1. The van der Waals surface area contributed by atoms with Gasteiger partial charge in [0, 0.05) is 10.7 Å². The van der Waals surface area contributed by atoms with Crippen LogP contribution < -0.4 is 10.6 Å². The highest BCUT2D eigenvalue weighted by atomic mass is 35.5. The lowest BCUT2D eigenvalue weighted by molar-refractivity contribution is -0.114. The minimum Gasteiger partial charge on any atom is -0.374 e. The fraction of sp³-hybridized carbons (Fsp3) is 0.188. The Kier molecular flexibility index (Phi) is 4.98. The molecule has 2 N–H and O–H groups in total. The summed E-state index contributed by atoms with van der Waals surface area (Å²) in [5.41, 5.74) is 2.54. The summed E-state index contributed by atoms with van der Waals surface area (Å²) >= 11 is 5.66. The summed E-state index contributed by atoms with van der Waals surface area (Å²) in [6.45, 7) is 3.63. The van der Waals surface area contributed by atoms with E-state index in [2.05, 4.69) is 10.6 Å². The Labute approximate surface area is 132 Å². The maximum atomic E-state index is 13.5. The van der Waals surface area contributed by atoms with Gasteiger partial charge in [0.2, 0.25) is 5.91 Å². The summed E-state index contributed by atoms with van der Waals surface area (Å²) in [5.74, 6) is -2.50. The largest absolute Gasteiger partial charge is 0.374 e. The molecule has 116 valence electrons. The summed E-state index contributed by atoms with van der Waals surface area (Å²) in [4.78, 5) is 11.9. The van der Waals surface area contributed by atoms with E-state index < -0.39 is 11.6 Å². The van der Waals surface area contributed by atoms with Crippen LogP contribution in [0.2, 0.25) is 5.02 Å². The molecular formula is C16H15ClF2N2O. The molecule has 0 saturated carbocycles. The van der Waals surface area contributed by atoms with E-state index in [-0.39, 0.29) is 23.2 Å². The highest BCUT2D eigenvalue weighted by molar-refractivity contribution is 6.30. The average molecular weight is 325 g/mol. The van der Waals surface area contributed by atoms with Crippen molar-refractivity contribution in [3.8, 4) is 0 Å². The van der Waals surface area contributed by atoms with Gasteiger partial charge in [-0.15, -0.1) is 0 Å². The second kappa shape index (κ2) is 6.75. The van der Waals surface area contributed by atoms with Crippen LogP contribution in [0.25, 0.3) is 0 Å². The number of rotatable bonds is 4. The van der Waals surface area contributed by atoms with E-state index in [1.807, 2.05) is 26.0 Å². The molecular weight excluding hydrogens is 310 g/mol. The first-order valence-corrected chi connectivity index (χ1v) is 7.00. The minimum absolute atomic E-state index is 0.0522. The average Bonchev–Trinajstić information content (AvgIpc) is 2.46. The van der Waals surface area contributed by atoms with Gasteiger partial charge in [-0.25, -0.2) is 8.78 Å². The van der Waals surface area contributed by atoms with Gasteiger partial charge in [0.05, 0.1) is 12.2 Å². The van der Waals surface area contributed by atoms with E-state index in [0.717, 1.165) is 17.2 Å². The molecule has 6 heteroatoms. The van der Waals surface area contributed by atoms with E-state index >= 15 is 0 Å². The van der Waals surface area contributed by atoms with Crippen LogP contribution in [0.15, 0.2) is 30.3 Å². The monoisotopic (exact) mass is 324 g/mol. The number of hydrogen-bond acceptors (Lipinski definition) is 2. The lowest BCUT2D eigenvalue weighted by Gasteiger charge is -2.12. The van der Waals surface area contributed by atoms with Crippen molar-refractivity contribution in [2.75, 3.05) is 17.2 Å².